The fourth-order valence-corrected chi connectivity index (χ4v) is 3.97. The van der Waals surface area contributed by atoms with Gasteiger partial charge in [-0.3, -0.25) is 9.78 Å². The SMILES string of the molecule is Cc1ccc(C(C)NC2CCC(n3nc(-c4ccncc4)ccc3=O)CC2)o1. The van der Waals surface area contributed by atoms with Crippen molar-refractivity contribution < 1.29 is 4.42 Å². The minimum Gasteiger partial charge on any atom is -0.465 e. The molecule has 0 saturated heterocycles. The molecule has 0 bridgehead atoms. The fourth-order valence-electron chi connectivity index (χ4n) is 3.97. The second-order valence-corrected chi connectivity index (χ2v) is 7.58. The molecule has 6 nitrogen and oxygen atoms in total. The van der Waals surface area contributed by atoms with Crippen molar-refractivity contribution in [1.82, 2.24) is 20.1 Å². The predicted octanol–water partition coefficient (Wildman–Crippen LogP) is 4.04. The highest BCUT2D eigenvalue weighted by Crippen LogP contribution is 2.29. The van der Waals surface area contributed by atoms with Crippen molar-refractivity contribution >= 4 is 0 Å². The zero-order valence-electron chi connectivity index (χ0n) is 16.3. The van der Waals surface area contributed by atoms with E-state index >= 15 is 0 Å². The number of aromatic nitrogens is 3. The van der Waals surface area contributed by atoms with Gasteiger partial charge in [0.05, 0.1) is 17.8 Å². The molecule has 3 aromatic rings. The van der Waals surface area contributed by atoms with Gasteiger partial charge in [0.1, 0.15) is 11.5 Å². The highest BCUT2D eigenvalue weighted by atomic mass is 16.3. The summed E-state index contributed by atoms with van der Waals surface area (Å²) in [6.07, 6.45) is 7.39. The number of pyridine rings is 1. The van der Waals surface area contributed by atoms with Gasteiger partial charge in [-0.15, -0.1) is 0 Å². The van der Waals surface area contributed by atoms with Crippen molar-refractivity contribution in [3.8, 4) is 11.3 Å². The molecule has 0 aliphatic heterocycles. The number of rotatable bonds is 5. The summed E-state index contributed by atoms with van der Waals surface area (Å²) >= 11 is 0. The smallest absolute Gasteiger partial charge is 0.267 e. The van der Waals surface area contributed by atoms with Crippen LogP contribution in [-0.2, 0) is 0 Å². The molecule has 146 valence electrons. The van der Waals surface area contributed by atoms with Crippen LogP contribution in [0, 0.1) is 6.92 Å². The van der Waals surface area contributed by atoms with E-state index in [1.54, 1.807) is 29.2 Å². The van der Waals surface area contributed by atoms with Gasteiger partial charge < -0.3 is 9.73 Å². The van der Waals surface area contributed by atoms with Gasteiger partial charge in [0, 0.05) is 30.1 Å². The summed E-state index contributed by atoms with van der Waals surface area (Å²) in [6.45, 7) is 4.10. The lowest BCUT2D eigenvalue weighted by atomic mass is 9.90. The average Bonchev–Trinajstić information content (AvgIpc) is 3.16. The van der Waals surface area contributed by atoms with E-state index in [-0.39, 0.29) is 17.6 Å². The molecule has 0 radical (unpaired) electrons. The lowest BCUT2D eigenvalue weighted by Gasteiger charge is -2.31. The Balaban J connectivity index is 1.42. The fraction of sp³-hybridized carbons (Fsp3) is 0.409. The number of nitrogens with one attached hydrogen (secondary N) is 1. The molecular formula is C22H26N4O2. The molecule has 1 unspecified atom stereocenters. The summed E-state index contributed by atoms with van der Waals surface area (Å²) in [5.41, 5.74) is 1.75. The number of hydrogen-bond donors (Lipinski definition) is 1. The highest BCUT2D eigenvalue weighted by Gasteiger charge is 2.25. The Morgan fingerprint density at radius 1 is 1.07 bits per heavy atom. The summed E-state index contributed by atoms with van der Waals surface area (Å²) < 4.78 is 7.40. The van der Waals surface area contributed by atoms with Gasteiger partial charge in [0.2, 0.25) is 0 Å². The summed E-state index contributed by atoms with van der Waals surface area (Å²) in [4.78, 5) is 16.5. The van der Waals surface area contributed by atoms with Gasteiger partial charge in [-0.25, -0.2) is 4.68 Å². The van der Waals surface area contributed by atoms with E-state index in [1.165, 1.54) is 0 Å². The molecule has 1 saturated carbocycles. The maximum atomic E-state index is 12.4. The first-order valence-electron chi connectivity index (χ1n) is 9.93. The Morgan fingerprint density at radius 2 is 1.82 bits per heavy atom. The third kappa shape index (κ3) is 4.07. The standard InChI is InChI=1S/C22H26N4O2/c1-15-3-9-21(28-15)16(2)24-18-4-6-19(7-5-18)26-22(27)10-8-20(25-26)17-11-13-23-14-12-17/h3,8-14,16,18-19,24H,4-7H2,1-2H3. The molecular weight excluding hydrogens is 352 g/mol. The first-order valence-corrected chi connectivity index (χ1v) is 9.93. The molecule has 0 aromatic carbocycles. The average molecular weight is 378 g/mol. The number of aryl methyl sites for hydroxylation is 1. The normalized spacial score (nSPS) is 20.8. The van der Waals surface area contributed by atoms with Gasteiger partial charge in [-0.05, 0) is 69.9 Å². The topological polar surface area (TPSA) is 73.0 Å². The van der Waals surface area contributed by atoms with Crippen LogP contribution in [0.25, 0.3) is 11.3 Å². The van der Waals surface area contributed by atoms with Crippen LogP contribution in [0.3, 0.4) is 0 Å². The third-order valence-corrected chi connectivity index (χ3v) is 5.52. The van der Waals surface area contributed by atoms with Gasteiger partial charge in [0.25, 0.3) is 5.56 Å². The molecule has 0 spiro atoms. The molecule has 3 heterocycles. The zero-order chi connectivity index (χ0) is 19.5. The molecule has 28 heavy (non-hydrogen) atoms. The molecule has 1 N–H and O–H groups in total. The molecule has 1 atom stereocenters. The zero-order valence-corrected chi connectivity index (χ0v) is 16.3. The minimum absolute atomic E-state index is 0.0337. The quantitative estimate of drug-likeness (QED) is 0.725. The Morgan fingerprint density at radius 3 is 2.50 bits per heavy atom. The largest absolute Gasteiger partial charge is 0.465 e. The Labute approximate surface area is 164 Å². The molecule has 1 aliphatic carbocycles. The lowest BCUT2D eigenvalue weighted by molar-refractivity contribution is 0.252. The van der Waals surface area contributed by atoms with E-state index in [1.807, 2.05) is 31.2 Å². The molecule has 0 amide bonds. The van der Waals surface area contributed by atoms with Crippen LogP contribution in [0.2, 0.25) is 0 Å². The molecule has 1 fully saturated rings. The van der Waals surface area contributed by atoms with Crippen LogP contribution in [0.5, 0.6) is 0 Å². The Bertz CT molecular complexity index is 971. The van der Waals surface area contributed by atoms with E-state index in [4.69, 9.17) is 4.42 Å². The van der Waals surface area contributed by atoms with E-state index in [0.717, 1.165) is 48.5 Å². The minimum atomic E-state index is -0.0337. The van der Waals surface area contributed by atoms with Crippen molar-refractivity contribution in [2.75, 3.05) is 0 Å². The summed E-state index contributed by atoms with van der Waals surface area (Å²) in [5, 5.41) is 8.31. The van der Waals surface area contributed by atoms with E-state index < -0.39 is 0 Å². The van der Waals surface area contributed by atoms with Crippen molar-refractivity contribution in [1.29, 1.82) is 0 Å². The number of nitrogens with zero attached hydrogens (tertiary/aromatic N) is 3. The van der Waals surface area contributed by atoms with Gasteiger partial charge in [-0.2, -0.15) is 5.10 Å². The van der Waals surface area contributed by atoms with Crippen LogP contribution >= 0.6 is 0 Å². The van der Waals surface area contributed by atoms with Crippen LogP contribution in [0.4, 0.5) is 0 Å². The Kier molecular flexibility index (Phi) is 5.39. The van der Waals surface area contributed by atoms with Crippen molar-refractivity contribution in [3.63, 3.8) is 0 Å². The second-order valence-electron chi connectivity index (χ2n) is 7.58. The molecule has 3 aromatic heterocycles. The maximum absolute atomic E-state index is 12.4. The van der Waals surface area contributed by atoms with Crippen LogP contribution < -0.4 is 10.9 Å². The Hall–Kier alpha value is -2.73. The van der Waals surface area contributed by atoms with E-state index in [0.29, 0.717) is 6.04 Å². The summed E-state index contributed by atoms with van der Waals surface area (Å²) in [6, 6.07) is 12.0. The van der Waals surface area contributed by atoms with Crippen molar-refractivity contribution in [3.05, 3.63) is 70.7 Å². The second kappa shape index (κ2) is 8.10. The van der Waals surface area contributed by atoms with Crippen LogP contribution in [0.1, 0.15) is 56.2 Å². The van der Waals surface area contributed by atoms with Crippen molar-refractivity contribution in [2.24, 2.45) is 0 Å². The molecule has 1 aliphatic rings. The lowest BCUT2D eigenvalue weighted by Crippen LogP contribution is -2.37. The van der Waals surface area contributed by atoms with Gasteiger partial charge in [-0.1, -0.05) is 0 Å². The predicted molar refractivity (Wildman–Crippen MR) is 108 cm³/mol. The van der Waals surface area contributed by atoms with Crippen LogP contribution in [0.15, 0.2) is 58.0 Å². The maximum Gasteiger partial charge on any atom is 0.267 e. The molecule has 6 heteroatoms. The third-order valence-electron chi connectivity index (χ3n) is 5.52. The van der Waals surface area contributed by atoms with E-state index in [2.05, 4.69) is 22.3 Å². The highest BCUT2D eigenvalue weighted by molar-refractivity contribution is 5.57. The molecule has 4 rings (SSSR count). The van der Waals surface area contributed by atoms with Gasteiger partial charge in [0.15, 0.2) is 0 Å². The number of hydrogen-bond acceptors (Lipinski definition) is 5. The summed E-state index contributed by atoms with van der Waals surface area (Å²) in [7, 11) is 0. The van der Waals surface area contributed by atoms with Gasteiger partial charge >= 0.3 is 0 Å². The monoisotopic (exact) mass is 378 g/mol. The van der Waals surface area contributed by atoms with E-state index in [9.17, 15) is 4.79 Å². The summed E-state index contributed by atoms with van der Waals surface area (Å²) in [5.74, 6) is 1.91. The first-order chi connectivity index (χ1) is 13.6. The van der Waals surface area contributed by atoms with Crippen molar-refractivity contribution in [2.45, 2.75) is 57.7 Å². The number of furan rings is 1. The van der Waals surface area contributed by atoms with Crippen LogP contribution in [-0.4, -0.2) is 20.8 Å². The first kappa shape index (κ1) is 18.6.